The number of carbonyl (C=O) groups excluding carboxylic acids is 1. The Labute approximate surface area is 201 Å². The van der Waals surface area contributed by atoms with Crippen LogP contribution in [0.2, 0.25) is 0 Å². The molecule has 3 N–H and O–H groups in total. The van der Waals surface area contributed by atoms with Crippen molar-refractivity contribution in [2.45, 2.75) is 17.8 Å². The molecule has 0 aliphatic heterocycles. The second-order valence-corrected chi connectivity index (χ2v) is 12.4. The Morgan fingerprint density at radius 3 is 2.37 bits per heavy atom. The monoisotopic (exact) mass is 554 g/mol. The third-order valence-corrected chi connectivity index (χ3v) is 8.58. The number of fused-ring (bicyclic) bond motifs is 1. The highest BCUT2D eigenvalue weighted by atomic mass is 32.2. The lowest BCUT2D eigenvalue weighted by molar-refractivity contribution is -0.130. The van der Waals surface area contributed by atoms with Crippen LogP contribution in [0.25, 0.3) is 21.3 Å². The number of primary sulfonamides is 1. The van der Waals surface area contributed by atoms with E-state index in [9.17, 15) is 39.2 Å². The van der Waals surface area contributed by atoms with E-state index in [0.29, 0.717) is 15.8 Å². The predicted molar refractivity (Wildman–Crippen MR) is 121 cm³/mol. The second kappa shape index (κ2) is 10.1. The van der Waals surface area contributed by atoms with E-state index >= 15 is 0 Å². The number of aromatic nitrogens is 2. The Balaban J connectivity index is 1.98. The van der Waals surface area contributed by atoms with Crippen molar-refractivity contribution in [1.29, 1.82) is 0 Å². The maximum atomic E-state index is 13.1. The van der Waals surface area contributed by atoms with Gasteiger partial charge in [0.05, 0.1) is 28.1 Å². The summed E-state index contributed by atoms with van der Waals surface area (Å²) in [6, 6.07) is 7.30. The first kappa shape index (κ1) is 26.9. The van der Waals surface area contributed by atoms with E-state index < -0.39 is 67.6 Å². The number of carbonyl (C=O) groups is 1. The molecule has 16 heteroatoms. The largest absolute Gasteiger partial charge is 0.390 e. The molecular formula is C19H18F4N4O5S3. The Bertz CT molecular complexity index is 1440. The number of pyridine rings is 1. The van der Waals surface area contributed by atoms with Gasteiger partial charge >= 0.3 is 6.18 Å². The van der Waals surface area contributed by atoms with Gasteiger partial charge in [-0.05, 0) is 29.8 Å². The van der Waals surface area contributed by atoms with Crippen LogP contribution in [0, 0.1) is 5.95 Å². The van der Waals surface area contributed by atoms with Crippen molar-refractivity contribution in [3.63, 3.8) is 0 Å². The van der Waals surface area contributed by atoms with E-state index in [0.717, 1.165) is 17.4 Å². The summed E-state index contributed by atoms with van der Waals surface area (Å²) in [5, 5.41) is 4.56. The standard InChI is InChI=1S/C19H18F4N4O5S3/c20-15-4-2-12(10-26-15)11-1-3-13-14(9-11)33-18(27-13)16(17(28)25-6-8-35(24,31)32)34(29,30)7-5-19(21,22)23/h1-4,9-10,16H,5-8H2,(H,25,28)(H2,24,31,32). The van der Waals surface area contributed by atoms with E-state index in [4.69, 9.17) is 5.14 Å². The van der Waals surface area contributed by atoms with Gasteiger partial charge in [-0.3, -0.25) is 4.79 Å². The average molecular weight is 555 g/mol. The van der Waals surface area contributed by atoms with Gasteiger partial charge in [-0.25, -0.2) is 31.9 Å². The Hall–Kier alpha value is -2.69. The first-order chi connectivity index (χ1) is 16.1. The lowest BCUT2D eigenvalue weighted by Gasteiger charge is -2.16. The summed E-state index contributed by atoms with van der Waals surface area (Å²) in [5.74, 6) is -3.98. The average Bonchev–Trinajstić information content (AvgIpc) is 3.13. The molecule has 3 aromatic rings. The minimum absolute atomic E-state index is 0.275. The number of amides is 1. The van der Waals surface area contributed by atoms with Gasteiger partial charge in [-0.1, -0.05) is 6.07 Å². The molecule has 0 saturated heterocycles. The van der Waals surface area contributed by atoms with Gasteiger partial charge in [-0.15, -0.1) is 11.3 Å². The lowest BCUT2D eigenvalue weighted by Crippen LogP contribution is -2.38. The van der Waals surface area contributed by atoms with Gasteiger partial charge in [0, 0.05) is 18.3 Å². The van der Waals surface area contributed by atoms with Crippen molar-refractivity contribution in [2.75, 3.05) is 18.1 Å². The highest BCUT2D eigenvalue weighted by Crippen LogP contribution is 2.35. The van der Waals surface area contributed by atoms with Gasteiger partial charge < -0.3 is 5.32 Å². The smallest absolute Gasteiger partial charge is 0.354 e. The number of sulfonamides is 1. The molecule has 1 unspecified atom stereocenters. The highest BCUT2D eigenvalue weighted by molar-refractivity contribution is 7.92. The zero-order valence-electron chi connectivity index (χ0n) is 17.6. The molecule has 1 aromatic carbocycles. The van der Waals surface area contributed by atoms with Crippen molar-refractivity contribution in [1.82, 2.24) is 15.3 Å². The third-order valence-electron chi connectivity index (χ3n) is 4.64. The molecule has 0 fully saturated rings. The van der Waals surface area contributed by atoms with Crippen LogP contribution >= 0.6 is 11.3 Å². The number of thiazole rings is 1. The molecule has 1 atom stereocenters. The summed E-state index contributed by atoms with van der Waals surface area (Å²) >= 11 is 0.775. The summed E-state index contributed by atoms with van der Waals surface area (Å²) < 4.78 is 99.4. The topological polar surface area (TPSA) is 149 Å². The van der Waals surface area contributed by atoms with E-state index in [1.54, 1.807) is 12.1 Å². The van der Waals surface area contributed by atoms with Crippen LogP contribution in [-0.2, 0) is 24.7 Å². The summed E-state index contributed by atoms with van der Waals surface area (Å²) in [7, 11) is -8.69. The van der Waals surface area contributed by atoms with Gasteiger partial charge in [-0.2, -0.15) is 17.6 Å². The minimum atomic E-state index is -4.78. The van der Waals surface area contributed by atoms with E-state index in [-0.39, 0.29) is 10.5 Å². The molecule has 2 aromatic heterocycles. The molecule has 0 bridgehead atoms. The third kappa shape index (κ3) is 7.39. The fourth-order valence-electron chi connectivity index (χ4n) is 2.99. The zero-order chi connectivity index (χ0) is 26.0. The zero-order valence-corrected chi connectivity index (χ0v) is 20.1. The molecule has 0 aliphatic rings. The molecular weight excluding hydrogens is 536 g/mol. The summed E-state index contributed by atoms with van der Waals surface area (Å²) in [5.41, 5.74) is 1.39. The number of nitrogens with two attached hydrogens (primary N) is 1. The van der Waals surface area contributed by atoms with Crippen molar-refractivity contribution in [2.24, 2.45) is 5.14 Å². The van der Waals surface area contributed by atoms with Crippen molar-refractivity contribution >= 4 is 47.3 Å². The van der Waals surface area contributed by atoms with Crippen LogP contribution in [-0.4, -0.2) is 56.9 Å². The second-order valence-electron chi connectivity index (χ2n) is 7.37. The maximum Gasteiger partial charge on any atom is 0.390 e. The van der Waals surface area contributed by atoms with Crippen LogP contribution in [0.1, 0.15) is 16.7 Å². The van der Waals surface area contributed by atoms with E-state index in [2.05, 4.69) is 15.3 Å². The minimum Gasteiger partial charge on any atom is -0.354 e. The molecule has 35 heavy (non-hydrogen) atoms. The van der Waals surface area contributed by atoms with E-state index in [1.165, 1.54) is 18.3 Å². The van der Waals surface area contributed by atoms with Crippen molar-refractivity contribution in [3.8, 4) is 11.1 Å². The van der Waals surface area contributed by atoms with Crippen LogP contribution in [0.3, 0.4) is 0 Å². The predicted octanol–water partition coefficient (Wildman–Crippen LogP) is 2.31. The number of nitrogens with zero attached hydrogens (tertiary/aromatic N) is 2. The summed E-state index contributed by atoms with van der Waals surface area (Å²) in [6.07, 6.45) is -5.18. The molecule has 0 radical (unpaired) electrons. The number of rotatable bonds is 9. The Morgan fingerprint density at radius 2 is 1.77 bits per heavy atom. The van der Waals surface area contributed by atoms with Crippen LogP contribution in [0.5, 0.6) is 0 Å². The van der Waals surface area contributed by atoms with Crippen LogP contribution in [0.15, 0.2) is 36.5 Å². The molecule has 190 valence electrons. The van der Waals surface area contributed by atoms with Gasteiger partial charge in [0.25, 0.3) is 0 Å². The van der Waals surface area contributed by atoms with Crippen molar-refractivity contribution < 1.29 is 39.2 Å². The van der Waals surface area contributed by atoms with Crippen LogP contribution < -0.4 is 10.5 Å². The number of hydrogen-bond acceptors (Lipinski definition) is 8. The molecule has 1 amide bonds. The SMILES string of the molecule is NS(=O)(=O)CCNC(=O)C(c1nc2ccc(-c3ccc(F)nc3)cc2s1)S(=O)(=O)CCC(F)(F)F. The number of sulfone groups is 1. The number of benzene rings is 1. The maximum absolute atomic E-state index is 13.1. The Morgan fingerprint density at radius 1 is 1.09 bits per heavy atom. The fraction of sp³-hybridized carbons (Fsp3) is 0.316. The molecule has 3 rings (SSSR count). The highest BCUT2D eigenvalue weighted by Gasteiger charge is 2.40. The summed E-state index contributed by atoms with van der Waals surface area (Å²) in [4.78, 5) is 20.4. The number of halogens is 4. The lowest BCUT2D eigenvalue weighted by atomic mass is 10.1. The molecule has 9 nitrogen and oxygen atoms in total. The number of hydrogen-bond donors (Lipinski definition) is 2. The molecule has 0 saturated carbocycles. The molecule has 0 spiro atoms. The normalized spacial score (nSPS) is 13.6. The number of nitrogens with one attached hydrogen (secondary N) is 1. The van der Waals surface area contributed by atoms with Gasteiger partial charge in [0.15, 0.2) is 15.1 Å². The Kier molecular flexibility index (Phi) is 7.78. The van der Waals surface area contributed by atoms with Gasteiger partial charge in [0.2, 0.25) is 21.9 Å². The molecule has 2 heterocycles. The van der Waals surface area contributed by atoms with E-state index in [1.807, 2.05) is 0 Å². The van der Waals surface area contributed by atoms with Crippen LogP contribution in [0.4, 0.5) is 17.6 Å². The first-order valence-corrected chi connectivity index (χ1v) is 14.0. The first-order valence-electron chi connectivity index (χ1n) is 9.73. The fourth-order valence-corrected chi connectivity index (χ4v) is 6.47. The molecule has 0 aliphatic carbocycles. The quantitative estimate of drug-likeness (QED) is 0.305. The van der Waals surface area contributed by atoms with Crippen molar-refractivity contribution in [3.05, 3.63) is 47.5 Å². The number of alkyl halides is 3. The summed E-state index contributed by atoms with van der Waals surface area (Å²) in [6.45, 7) is -0.546. The van der Waals surface area contributed by atoms with Gasteiger partial charge in [0.1, 0.15) is 5.01 Å².